The first kappa shape index (κ1) is 11.4. The molecule has 1 aliphatic rings. The molecule has 6 heteroatoms. The third kappa shape index (κ3) is 2.37. The van der Waals surface area contributed by atoms with Crippen molar-refractivity contribution >= 4 is 0 Å². The number of halogens is 3. The van der Waals surface area contributed by atoms with Gasteiger partial charge >= 0.3 is 6.18 Å². The first-order valence-electron chi connectivity index (χ1n) is 5.27. The van der Waals surface area contributed by atoms with Crippen LogP contribution in [-0.4, -0.2) is 21.0 Å². The summed E-state index contributed by atoms with van der Waals surface area (Å²) < 4.78 is 38.3. The van der Waals surface area contributed by atoms with Gasteiger partial charge in [0.25, 0.3) is 0 Å². The molecule has 1 fully saturated rings. The summed E-state index contributed by atoms with van der Waals surface area (Å²) in [6, 6.07) is 0.977. The summed E-state index contributed by atoms with van der Waals surface area (Å²) in [5, 5.41) is 12.8. The van der Waals surface area contributed by atoms with E-state index in [1.54, 1.807) is 0 Å². The van der Waals surface area contributed by atoms with Crippen molar-refractivity contribution in [3.63, 3.8) is 0 Å². The lowest BCUT2D eigenvalue weighted by Gasteiger charge is -2.25. The largest absolute Gasteiger partial charge is 0.435 e. The van der Waals surface area contributed by atoms with E-state index in [1.165, 1.54) is 10.9 Å². The molecule has 0 radical (unpaired) electrons. The Morgan fingerprint density at radius 3 is 2.38 bits per heavy atom. The predicted octanol–water partition coefficient (Wildman–Crippen LogP) is 2.38. The van der Waals surface area contributed by atoms with E-state index in [4.69, 9.17) is 0 Å². The van der Waals surface area contributed by atoms with E-state index in [2.05, 4.69) is 5.10 Å². The summed E-state index contributed by atoms with van der Waals surface area (Å²) in [6.07, 6.45) is -0.697. The van der Waals surface area contributed by atoms with Gasteiger partial charge in [0.2, 0.25) is 0 Å². The average Bonchev–Trinajstić information content (AvgIpc) is 2.67. The molecule has 1 N–H and O–H groups in total. The van der Waals surface area contributed by atoms with Crippen molar-refractivity contribution < 1.29 is 18.3 Å². The van der Waals surface area contributed by atoms with Gasteiger partial charge in [0, 0.05) is 6.20 Å². The summed E-state index contributed by atoms with van der Waals surface area (Å²) in [7, 11) is 0. The van der Waals surface area contributed by atoms with Crippen LogP contribution >= 0.6 is 0 Å². The van der Waals surface area contributed by atoms with Crippen LogP contribution in [0.1, 0.15) is 37.4 Å². The molecule has 0 aliphatic heterocycles. The van der Waals surface area contributed by atoms with Gasteiger partial charge in [-0.15, -0.1) is 0 Å². The number of hydrogen-bond acceptors (Lipinski definition) is 2. The number of aliphatic hydroxyl groups excluding tert-OH is 1. The fourth-order valence-corrected chi connectivity index (χ4v) is 2.02. The van der Waals surface area contributed by atoms with Gasteiger partial charge in [0.15, 0.2) is 5.69 Å². The molecule has 0 atom stereocenters. The molecule has 90 valence electrons. The third-order valence-corrected chi connectivity index (χ3v) is 2.94. The van der Waals surface area contributed by atoms with Crippen molar-refractivity contribution in [3.05, 3.63) is 18.0 Å². The van der Waals surface area contributed by atoms with Crippen LogP contribution in [0.2, 0.25) is 0 Å². The summed E-state index contributed by atoms with van der Waals surface area (Å²) in [5.74, 6) is 0. The number of aliphatic hydroxyl groups is 1. The maximum atomic E-state index is 12.3. The second-order valence-corrected chi connectivity index (χ2v) is 4.14. The van der Waals surface area contributed by atoms with Crippen LogP contribution in [0, 0.1) is 0 Å². The van der Waals surface area contributed by atoms with E-state index in [9.17, 15) is 18.3 Å². The number of rotatable bonds is 1. The normalized spacial score (nSPS) is 27.0. The van der Waals surface area contributed by atoms with E-state index in [-0.39, 0.29) is 12.1 Å². The topological polar surface area (TPSA) is 38.0 Å². The molecule has 1 aromatic heterocycles. The zero-order valence-corrected chi connectivity index (χ0v) is 8.61. The molecule has 0 bridgehead atoms. The summed E-state index contributed by atoms with van der Waals surface area (Å²) in [6.45, 7) is 0. The highest BCUT2D eigenvalue weighted by atomic mass is 19.4. The van der Waals surface area contributed by atoms with Crippen LogP contribution in [0.5, 0.6) is 0 Å². The van der Waals surface area contributed by atoms with Crippen molar-refractivity contribution in [2.45, 2.75) is 44.0 Å². The van der Waals surface area contributed by atoms with Gasteiger partial charge in [-0.1, -0.05) is 0 Å². The quantitative estimate of drug-likeness (QED) is 0.810. The van der Waals surface area contributed by atoms with Crippen LogP contribution in [0.25, 0.3) is 0 Å². The Labute approximate surface area is 90.9 Å². The molecule has 1 saturated carbocycles. The Bertz CT molecular complexity index is 353. The van der Waals surface area contributed by atoms with Crippen molar-refractivity contribution in [2.24, 2.45) is 0 Å². The highest BCUT2D eigenvalue weighted by Crippen LogP contribution is 2.31. The first-order valence-corrected chi connectivity index (χ1v) is 5.27. The number of nitrogens with zero attached hydrogens (tertiary/aromatic N) is 2. The monoisotopic (exact) mass is 234 g/mol. The Balaban J connectivity index is 2.08. The minimum atomic E-state index is -4.38. The van der Waals surface area contributed by atoms with E-state index in [0.717, 1.165) is 6.07 Å². The fraction of sp³-hybridized carbons (Fsp3) is 0.700. The molecule has 0 aromatic carbocycles. The maximum Gasteiger partial charge on any atom is 0.435 e. The zero-order valence-electron chi connectivity index (χ0n) is 8.61. The van der Waals surface area contributed by atoms with Crippen molar-refractivity contribution in [1.29, 1.82) is 0 Å². The van der Waals surface area contributed by atoms with Crippen LogP contribution in [0.3, 0.4) is 0 Å². The van der Waals surface area contributed by atoms with Gasteiger partial charge in [0.1, 0.15) is 0 Å². The Morgan fingerprint density at radius 1 is 1.25 bits per heavy atom. The zero-order chi connectivity index (χ0) is 11.8. The van der Waals surface area contributed by atoms with Crippen molar-refractivity contribution in [3.8, 4) is 0 Å². The molecule has 0 spiro atoms. The lowest BCUT2D eigenvalue weighted by Crippen LogP contribution is -2.21. The molecule has 0 saturated heterocycles. The molecule has 1 heterocycles. The SMILES string of the molecule is OC1CCC(n2ccc(C(F)(F)F)n2)CC1. The highest BCUT2D eigenvalue weighted by Gasteiger charge is 2.34. The van der Waals surface area contributed by atoms with E-state index >= 15 is 0 Å². The Hall–Kier alpha value is -1.04. The molecule has 2 rings (SSSR count). The molecule has 16 heavy (non-hydrogen) atoms. The maximum absolute atomic E-state index is 12.3. The van der Waals surface area contributed by atoms with Crippen LogP contribution < -0.4 is 0 Å². The van der Waals surface area contributed by atoms with Gasteiger partial charge in [0.05, 0.1) is 12.1 Å². The summed E-state index contributed by atoms with van der Waals surface area (Å²) in [4.78, 5) is 0. The summed E-state index contributed by atoms with van der Waals surface area (Å²) in [5.41, 5.74) is -0.848. The lowest BCUT2D eigenvalue weighted by atomic mass is 9.93. The standard InChI is InChI=1S/C10H13F3N2O/c11-10(12,13)9-5-6-15(14-9)7-1-3-8(16)4-2-7/h5-8,16H,1-4H2. The molecule has 1 aliphatic carbocycles. The molecular formula is C10H13F3N2O. The molecule has 1 aromatic rings. The number of hydrogen-bond donors (Lipinski definition) is 1. The fourth-order valence-electron chi connectivity index (χ4n) is 2.02. The van der Waals surface area contributed by atoms with Gasteiger partial charge in [-0.25, -0.2) is 0 Å². The van der Waals surface area contributed by atoms with Crippen LogP contribution in [-0.2, 0) is 6.18 Å². The minimum Gasteiger partial charge on any atom is -0.393 e. The van der Waals surface area contributed by atoms with Crippen molar-refractivity contribution in [2.75, 3.05) is 0 Å². The molecular weight excluding hydrogens is 221 g/mol. The van der Waals surface area contributed by atoms with Gasteiger partial charge in [-0.2, -0.15) is 18.3 Å². The first-order chi connectivity index (χ1) is 7.47. The van der Waals surface area contributed by atoms with Gasteiger partial charge in [-0.05, 0) is 31.7 Å². The second-order valence-electron chi connectivity index (χ2n) is 4.14. The van der Waals surface area contributed by atoms with Crippen molar-refractivity contribution in [1.82, 2.24) is 9.78 Å². The highest BCUT2D eigenvalue weighted by molar-refractivity contribution is 5.04. The van der Waals surface area contributed by atoms with E-state index in [0.29, 0.717) is 25.7 Å². The molecule has 0 unspecified atom stereocenters. The number of aromatic nitrogens is 2. The van der Waals surface area contributed by atoms with E-state index in [1.807, 2.05) is 0 Å². The molecule has 0 amide bonds. The average molecular weight is 234 g/mol. The van der Waals surface area contributed by atoms with Gasteiger partial charge in [-0.3, -0.25) is 4.68 Å². The Morgan fingerprint density at radius 2 is 1.88 bits per heavy atom. The third-order valence-electron chi connectivity index (χ3n) is 2.94. The van der Waals surface area contributed by atoms with E-state index < -0.39 is 11.9 Å². The van der Waals surface area contributed by atoms with Crippen LogP contribution in [0.15, 0.2) is 12.3 Å². The summed E-state index contributed by atoms with van der Waals surface area (Å²) >= 11 is 0. The Kier molecular flexibility index (Phi) is 2.92. The predicted molar refractivity (Wildman–Crippen MR) is 50.7 cm³/mol. The van der Waals surface area contributed by atoms with Crippen LogP contribution in [0.4, 0.5) is 13.2 Å². The smallest absolute Gasteiger partial charge is 0.393 e. The van der Waals surface area contributed by atoms with Gasteiger partial charge < -0.3 is 5.11 Å². The molecule has 3 nitrogen and oxygen atoms in total. The second kappa shape index (κ2) is 4.08. The minimum absolute atomic E-state index is 0.0144. The number of alkyl halides is 3. The lowest BCUT2D eigenvalue weighted by molar-refractivity contribution is -0.141.